The number of benzene rings is 2. The van der Waals surface area contributed by atoms with Crippen molar-refractivity contribution in [2.75, 3.05) is 55.5 Å². The fourth-order valence-corrected chi connectivity index (χ4v) is 2.89. The average molecular weight is 483 g/mol. The fourth-order valence-electron chi connectivity index (χ4n) is 2.89. The van der Waals surface area contributed by atoms with Crippen molar-refractivity contribution in [3.05, 3.63) is 59.7 Å². The van der Waals surface area contributed by atoms with E-state index in [1.807, 2.05) is 36.4 Å². The number of hydrogen-bond acceptors (Lipinski definition) is 6. The number of ether oxygens (including phenoxy) is 2. The number of rotatable bonds is 11. The SMILES string of the molecule is COc1cccc(/C(CCN(C)C)=N\N=C(/CCN(C)C)c2cccc(OC)c2)c1.Cl.Cl. The maximum absolute atomic E-state index is 5.40. The first-order chi connectivity index (χ1) is 14.4. The van der Waals surface area contributed by atoms with Crippen LogP contribution in [0, 0.1) is 0 Å². The molecule has 0 N–H and O–H groups in total. The minimum Gasteiger partial charge on any atom is -0.497 e. The minimum atomic E-state index is 0. The van der Waals surface area contributed by atoms with E-state index in [9.17, 15) is 0 Å². The lowest BCUT2D eigenvalue weighted by molar-refractivity contribution is 0.414. The molecule has 0 radical (unpaired) electrons. The molecule has 0 aliphatic carbocycles. The van der Waals surface area contributed by atoms with Gasteiger partial charge in [0.05, 0.1) is 25.6 Å². The Morgan fingerprint density at radius 2 is 1.06 bits per heavy atom. The predicted octanol–water partition coefficient (Wildman–Crippen LogP) is 4.64. The molecule has 32 heavy (non-hydrogen) atoms. The molecule has 178 valence electrons. The fraction of sp³-hybridized carbons (Fsp3) is 0.417. The van der Waals surface area contributed by atoms with Gasteiger partial charge in [-0.1, -0.05) is 24.3 Å². The molecule has 0 bridgehead atoms. The highest BCUT2D eigenvalue weighted by atomic mass is 35.5. The molecule has 0 saturated carbocycles. The Balaban J connectivity index is 0.00000480. The van der Waals surface area contributed by atoms with E-state index in [0.717, 1.165) is 60.0 Å². The monoisotopic (exact) mass is 482 g/mol. The normalized spacial score (nSPS) is 11.8. The van der Waals surface area contributed by atoms with Crippen LogP contribution in [0.4, 0.5) is 0 Å². The van der Waals surface area contributed by atoms with Crippen LogP contribution in [-0.4, -0.2) is 76.7 Å². The van der Waals surface area contributed by atoms with E-state index in [1.54, 1.807) is 14.2 Å². The lowest BCUT2D eigenvalue weighted by atomic mass is 10.1. The highest BCUT2D eigenvalue weighted by Gasteiger charge is 2.09. The zero-order valence-corrected chi connectivity index (χ0v) is 21.5. The summed E-state index contributed by atoms with van der Waals surface area (Å²) in [5, 5.41) is 9.43. The zero-order valence-electron chi connectivity index (χ0n) is 19.9. The molecule has 0 atom stereocenters. The van der Waals surface area contributed by atoms with Gasteiger partial charge >= 0.3 is 0 Å². The molecule has 0 spiro atoms. The van der Waals surface area contributed by atoms with E-state index < -0.39 is 0 Å². The molecule has 6 nitrogen and oxygen atoms in total. The van der Waals surface area contributed by atoms with Crippen molar-refractivity contribution in [1.29, 1.82) is 0 Å². The Morgan fingerprint density at radius 3 is 1.38 bits per heavy atom. The van der Waals surface area contributed by atoms with E-state index in [-0.39, 0.29) is 24.8 Å². The predicted molar refractivity (Wildman–Crippen MR) is 140 cm³/mol. The highest BCUT2D eigenvalue weighted by molar-refractivity contribution is 6.04. The van der Waals surface area contributed by atoms with Gasteiger partial charge in [-0.2, -0.15) is 10.2 Å². The summed E-state index contributed by atoms with van der Waals surface area (Å²) in [6.07, 6.45) is 1.59. The summed E-state index contributed by atoms with van der Waals surface area (Å²) in [5.41, 5.74) is 3.93. The molecule has 0 unspecified atom stereocenters. The Labute approximate surface area is 205 Å². The van der Waals surface area contributed by atoms with Crippen LogP contribution in [-0.2, 0) is 0 Å². The molecule has 2 aromatic rings. The van der Waals surface area contributed by atoms with Crippen molar-refractivity contribution in [2.45, 2.75) is 12.8 Å². The summed E-state index contributed by atoms with van der Waals surface area (Å²) in [7, 11) is 11.6. The van der Waals surface area contributed by atoms with Gasteiger partial charge in [-0.05, 0) is 52.5 Å². The quantitative estimate of drug-likeness (QED) is 0.345. The lowest BCUT2D eigenvalue weighted by Crippen LogP contribution is -2.18. The molecule has 0 aliphatic heterocycles. The third-order valence-electron chi connectivity index (χ3n) is 4.69. The van der Waals surface area contributed by atoms with Crippen LogP contribution in [0.25, 0.3) is 0 Å². The third kappa shape index (κ3) is 10.0. The molecule has 2 rings (SSSR count). The van der Waals surface area contributed by atoms with Gasteiger partial charge in [-0.15, -0.1) is 24.8 Å². The van der Waals surface area contributed by atoms with Gasteiger partial charge in [0.25, 0.3) is 0 Å². The van der Waals surface area contributed by atoms with Gasteiger partial charge in [0, 0.05) is 37.1 Å². The highest BCUT2D eigenvalue weighted by Crippen LogP contribution is 2.17. The summed E-state index contributed by atoms with van der Waals surface area (Å²) >= 11 is 0. The first-order valence-electron chi connectivity index (χ1n) is 10.1. The minimum absolute atomic E-state index is 0. The van der Waals surface area contributed by atoms with Gasteiger partial charge < -0.3 is 19.3 Å². The van der Waals surface area contributed by atoms with Crippen molar-refractivity contribution < 1.29 is 9.47 Å². The average Bonchev–Trinajstić information content (AvgIpc) is 2.75. The van der Waals surface area contributed by atoms with E-state index in [0.29, 0.717) is 0 Å². The Kier molecular flexibility index (Phi) is 14.6. The summed E-state index contributed by atoms with van der Waals surface area (Å²) in [5.74, 6) is 1.63. The van der Waals surface area contributed by atoms with Gasteiger partial charge in [0.1, 0.15) is 11.5 Å². The van der Waals surface area contributed by atoms with Gasteiger partial charge in [-0.25, -0.2) is 0 Å². The maximum Gasteiger partial charge on any atom is 0.119 e. The van der Waals surface area contributed by atoms with Crippen molar-refractivity contribution in [2.24, 2.45) is 10.2 Å². The first kappa shape index (κ1) is 29.9. The largest absolute Gasteiger partial charge is 0.497 e. The smallest absolute Gasteiger partial charge is 0.119 e. The summed E-state index contributed by atoms with van der Waals surface area (Å²) in [6, 6.07) is 16.0. The van der Waals surface area contributed by atoms with Crippen molar-refractivity contribution >= 4 is 36.2 Å². The number of hydrogen-bond donors (Lipinski definition) is 0. The molecule has 0 saturated heterocycles. The molecule has 2 aromatic carbocycles. The lowest BCUT2D eigenvalue weighted by Gasteiger charge is -2.13. The van der Waals surface area contributed by atoms with Crippen LogP contribution in [0.15, 0.2) is 58.7 Å². The van der Waals surface area contributed by atoms with Gasteiger partial charge in [-0.3, -0.25) is 0 Å². The molecule has 0 amide bonds. The molecular formula is C24H36Cl2N4O2. The van der Waals surface area contributed by atoms with Crippen molar-refractivity contribution in [3.8, 4) is 11.5 Å². The van der Waals surface area contributed by atoms with E-state index in [4.69, 9.17) is 19.7 Å². The van der Waals surface area contributed by atoms with Crippen LogP contribution in [0.2, 0.25) is 0 Å². The van der Waals surface area contributed by atoms with Gasteiger partial charge in [0.2, 0.25) is 0 Å². The topological polar surface area (TPSA) is 49.7 Å². The van der Waals surface area contributed by atoms with Crippen LogP contribution >= 0.6 is 24.8 Å². The van der Waals surface area contributed by atoms with Crippen LogP contribution in [0.5, 0.6) is 11.5 Å². The molecule has 0 aliphatic rings. The second-order valence-electron chi connectivity index (χ2n) is 7.66. The zero-order chi connectivity index (χ0) is 21.9. The van der Waals surface area contributed by atoms with Crippen LogP contribution in [0.3, 0.4) is 0 Å². The van der Waals surface area contributed by atoms with Gasteiger partial charge in [0.15, 0.2) is 0 Å². The Bertz CT molecular complexity index is 799. The standard InChI is InChI=1S/C24H34N4O2.2ClH/c1-27(2)15-13-23(19-9-7-11-21(17-19)29-5)25-26-24(14-16-28(3)4)20-10-8-12-22(18-20)30-6;;/h7-12,17-18H,13-16H2,1-6H3;2*1H/b25-23-,26-24+;;. The number of nitrogens with zero attached hydrogens (tertiary/aromatic N) is 4. The van der Waals surface area contributed by atoms with E-state index in [1.165, 1.54) is 0 Å². The molecule has 0 aromatic heterocycles. The summed E-state index contributed by atoms with van der Waals surface area (Å²) in [6.45, 7) is 1.77. The Morgan fingerprint density at radius 1 is 0.688 bits per heavy atom. The number of methoxy groups -OCH3 is 2. The Hall–Kier alpha value is -2.12. The molecule has 0 heterocycles. The number of halogens is 2. The molecule has 8 heteroatoms. The van der Waals surface area contributed by atoms with Crippen molar-refractivity contribution in [1.82, 2.24) is 9.80 Å². The molecular weight excluding hydrogens is 447 g/mol. The third-order valence-corrected chi connectivity index (χ3v) is 4.69. The van der Waals surface area contributed by atoms with Crippen molar-refractivity contribution in [3.63, 3.8) is 0 Å². The van der Waals surface area contributed by atoms with E-state index in [2.05, 4.69) is 50.1 Å². The second-order valence-corrected chi connectivity index (χ2v) is 7.66. The van der Waals surface area contributed by atoms with Crippen LogP contribution < -0.4 is 9.47 Å². The maximum atomic E-state index is 5.40. The second kappa shape index (κ2) is 15.6. The van der Waals surface area contributed by atoms with E-state index >= 15 is 0 Å². The molecule has 0 fully saturated rings. The summed E-state index contributed by atoms with van der Waals surface area (Å²) < 4.78 is 10.8. The first-order valence-corrected chi connectivity index (χ1v) is 10.1. The van der Waals surface area contributed by atoms with Crippen LogP contribution in [0.1, 0.15) is 24.0 Å². The summed E-state index contributed by atoms with van der Waals surface area (Å²) in [4.78, 5) is 4.29.